The molecule has 1 N–H and O–H groups in total. The number of rotatable bonds is 3. The summed E-state index contributed by atoms with van der Waals surface area (Å²) in [5, 5.41) is 6.70. The molecule has 4 rings (SSSR count). The SMILES string of the molecule is O=C(Nc1ccc(Cl)c(F)c1)N1CCC(c2nc(-c3ccccn3)no2)CC1. The number of amides is 2. The van der Waals surface area contributed by atoms with Gasteiger partial charge < -0.3 is 14.7 Å². The van der Waals surface area contributed by atoms with Crippen molar-refractivity contribution in [1.82, 2.24) is 20.0 Å². The molecule has 0 radical (unpaired) electrons. The molecule has 1 fully saturated rings. The highest BCUT2D eigenvalue weighted by atomic mass is 35.5. The smallest absolute Gasteiger partial charge is 0.321 e. The summed E-state index contributed by atoms with van der Waals surface area (Å²) in [6.07, 6.45) is 3.08. The molecule has 0 atom stereocenters. The van der Waals surface area contributed by atoms with E-state index < -0.39 is 5.82 Å². The minimum atomic E-state index is -0.571. The lowest BCUT2D eigenvalue weighted by Crippen LogP contribution is -2.40. The van der Waals surface area contributed by atoms with E-state index in [1.54, 1.807) is 17.2 Å². The molecule has 7 nitrogen and oxygen atoms in total. The molecule has 144 valence electrons. The molecule has 9 heteroatoms. The number of aromatic nitrogens is 3. The van der Waals surface area contributed by atoms with Crippen molar-refractivity contribution in [2.45, 2.75) is 18.8 Å². The van der Waals surface area contributed by atoms with Crippen LogP contribution in [0.25, 0.3) is 11.5 Å². The van der Waals surface area contributed by atoms with Crippen molar-refractivity contribution in [3.63, 3.8) is 0 Å². The molecule has 0 aliphatic carbocycles. The van der Waals surface area contributed by atoms with Gasteiger partial charge in [-0.1, -0.05) is 22.8 Å². The number of anilines is 1. The molecule has 0 spiro atoms. The lowest BCUT2D eigenvalue weighted by Gasteiger charge is -2.30. The van der Waals surface area contributed by atoms with Crippen LogP contribution >= 0.6 is 11.6 Å². The Morgan fingerprint density at radius 1 is 1.25 bits per heavy atom. The molecule has 1 saturated heterocycles. The van der Waals surface area contributed by atoms with Crippen LogP contribution in [0.3, 0.4) is 0 Å². The fourth-order valence-corrected chi connectivity index (χ4v) is 3.22. The number of likely N-dealkylation sites (tertiary alicyclic amines) is 1. The maximum absolute atomic E-state index is 13.5. The van der Waals surface area contributed by atoms with Gasteiger partial charge >= 0.3 is 6.03 Å². The Kier molecular flexibility index (Phi) is 5.21. The van der Waals surface area contributed by atoms with E-state index in [-0.39, 0.29) is 17.0 Å². The first-order chi connectivity index (χ1) is 13.6. The molecule has 1 aliphatic heterocycles. The van der Waals surface area contributed by atoms with Gasteiger partial charge in [-0.05, 0) is 43.2 Å². The van der Waals surface area contributed by atoms with Gasteiger partial charge in [-0.15, -0.1) is 0 Å². The van der Waals surface area contributed by atoms with E-state index in [1.807, 2.05) is 18.2 Å². The van der Waals surface area contributed by atoms with Gasteiger partial charge in [0.05, 0.1) is 5.02 Å². The molecule has 28 heavy (non-hydrogen) atoms. The number of carbonyl (C=O) groups is 1. The Hall–Kier alpha value is -3.00. The van der Waals surface area contributed by atoms with Gasteiger partial charge in [0.15, 0.2) is 0 Å². The lowest BCUT2D eigenvalue weighted by atomic mass is 9.97. The summed E-state index contributed by atoms with van der Waals surface area (Å²) in [5.74, 6) is 0.529. The first-order valence-electron chi connectivity index (χ1n) is 8.86. The van der Waals surface area contributed by atoms with Crippen LogP contribution in [-0.2, 0) is 0 Å². The van der Waals surface area contributed by atoms with Crippen LogP contribution in [0, 0.1) is 5.82 Å². The van der Waals surface area contributed by atoms with E-state index in [1.165, 1.54) is 12.1 Å². The molecule has 0 unspecified atom stereocenters. The van der Waals surface area contributed by atoms with Crippen LogP contribution in [0.5, 0.6) is 0 Å². The number of halogens is 2. The third-order valence-electron chi connectivity index (χ3n) is 4.64. The van der Waals surface area contributed by atoms with E-state index in [0.717, 1.165) is 0 Å². The van der Waals surface area contributed by atoms with Crippen LogP contribution in [-0.4, -0.2) is 39.1 Å². The number of carbonyl (C=O) groups excluding carboxylic acids is 1. The second-order valence-corrected chi connectivity index (χ2v) is 6.90. The first kappa shape index (κ1) is 18.4. The minimum Gasteiger partial charge on any atom is -0.339 e. The maximum atomic E-state index is 13.5. The number of nitrogens with zero attached hydrogens (tertiary/aromatic N) is 4. The largest absolute Gasteiger partial charge is 0.339 e. The Bertz CT molecular complexity index is 973. The van der Waals surface area contributed by atoms with Crippen LogP contribution in [0.2, 0.25) is 5.02 Å². The molecule has 2 amide bonds. The second kappa shape index (κ2) is 7.93. The summed E-state index contributed by atoms with van der Waals surface area (Å²) < 4.78 is 18.9. The molecular formula is C19H17ClFN5O2. The summed E-state index contributed by atoms with van der Waals surface area (Å²) in [5.41, 5.74) is 1.02. The molecule has 3 aromatic rings. The molecular weight excluding hydrogens is 385 g/mol. The second-order valence-electron chi connectivity index (χ2n) is 6.49. The molecule has 1 aromatic carbocycles. The summed E-state index contributed by atoms with van der Waals surface area (Å²) >= 11 is 5.66. The zero-order valence-corrected chi connectivity index (χ0v) is 15.6. The highest BCUT2D eigenvalue weighted by molar-refractivity contribution is 6.30. The van der Waals surface area contributed by atoms with Crippen molar-refractivity contribution in [2.75, 3.05) is 18.4 Å². The predicted molar refractivity (Wildman–Crippen MR) is 102 cm³/mol. The maximum Gasteiger partial charge on any atom is 0.321 e. The highest BCUT2D eigenvalue weighted by Crippen LogP contribution is 2.28. The van der Waals surface area contributed by atoms with Gasteiger partial charge in [-0.25, -0.2) is 9.18 Å². The van der Waals surface area contributed by atoms with Gasteiger partial charge in [0.25, 0.3) is 0 Å². The van der Waals surface area contributed by atoms with Crippen molar-refractivity contribution < 1.29 is 13.7 Å². The standard InChI is InChI=1S/C19H17ClFN5O2/c20-14-5-4-13(11-15(14)21)23-19(27)26-9-6-12(7-10-26)18-24-17(25-28-18)16-3-1-2-8-22-16/h1-5,8,11-12H,6-7,9-10H2,(H,23,27). The summed E-state index contributed by atoms with van der Waals surface area (Å²) in [4.78, 5) is 22.7. The average molecular weight is 402 g/mol. The molecule has 2 aromatic heterocycles. The molecule has 3 heterocycles. The van der Waals surface area contributed by atoms with Crippen LogP contribution < -0.4 is 5.32 Å². The van der Waals surface area contributed by atoms with E-state index in [0.29, 0.717) is 49.0 Å². The van der Waals surface area contributed by atoms with Gasteiger partial charge in [0.1, 0.15) is 11.5 Å². The number of nitrogens with one attached hydrogen (secondary N) is 1. The Morgan fingerprint density at radius 2 is 2.07 bits per heavy atom. The van der Waals surface area contributed by atoms with E-state index in [4.69, 9.17) is 16.1 Å². The van der Waals surface area contributed by atoms with Crippen molar-refractivity contribution in [3.8, 4) is 11.5 Å². The number of pyridine rings is 1. The molecule has 0 saturated carbocycles. The quantitative estimate of drug-likeness (QED) is 0.705. The van der Waals surface area contributed by atoms with Crippen LogP contribution in [0.1, 0.15) is 24.7 Å². The fourth-order valence-electron chi connectivity index (χ4n) is 3.11. The zero-order valence-electron chi connectivity index (χ0n) is 14.8. The Morgan fingerprint density at radius 3 is 2.79 bits per heavy atom. The fraction of sp³-hybridized carbons (Fsp3) is 0.263. The number of benzene rings is 1. The van der Waals surface area contributed by atoms with E-state index in [2.05, 4.69) is 20.4 Å². The number of hydrogen-bond acceptors (Lipinski definition) is 5. The van der Waals surface area contributed by atoms with Crippen molar-refractivity contribution in [1.29, 1.82) is 0 Å². The van der Waals surface area contributed by atoms with Crippen molar-refractivity contribution in [2.24, 2.45) is 0 Å². The van der Waals surface area contributed by atoms with Gasteiger partial charge in [-0.2, -0.15) is 4.98 Å². The number of piperidine rings is 1. The Balaban J connectivity index is 1.35. The topological polar surface area (TPSA) is 84.2 Å². The van der Waals surface area contributed by atoms with Gasteiger partial charge in [-0.3, -0.25) is 4.98 Å². The van der Waals surface area contributed by atoms with Gasteiger partial charge in [0, 0.05) is 30.9 Å². The first-order valence-corrected chi connectivity index (χ1v) is 9.24. The summed E-state index contributed by atoms with van der Waals surface area (Å²) in [7, 11) is 0. The minimum absolute atomic E-state index is 0.0171. The summed E-state index contributed by atoms with van der Waals surface area (Å²) in [6.45, 7) is 1.07. The third-order valence-corrected chi connectivity index (χ3v) is 4.94. The van der Waals surface area contributed by atoms with E-state index >= 15 is 0 Å². The monoisotopic (exact) mass is 401 g/mol. The molecule has 1 aliphatic rings. The van der Waals surface area contributed by atoms with Crippen LogP contribution in [0.4, 0.5) is 14.9 Å². The van der Waals surface area contributed by atoms with E-state index in [9.17, 15) is 9.18 Å². The summed E-state index contributed by atoms with van der Waals surface area (Å²) in [6, 6.07) is 9.40. The van der Waals surface area contributed by atoms with Crippen molar-refractivity contribution in [3.05, 3.63) is 59.3 Å². The average Bonchev–Trinajstić information content (AvgIpc) is 3.22. The number of urea groups is 1. The predicted octanol–water partition coefficient (Wildman–Crippen LogP) is 4.34. The normalized spacial score (nSPS) is 14.9. The Labute approximate surface area is 165 Å². The van der Waals surface area contributed by atoms with Gasteiger partial charge in [0.2, 0.25) is 11.7 Å². The van der Waals surface area contributed by atoms with Crippen molar-refractivity contribution >= 4 is 23.3 Å². The highest BCUT2D eigenvalue weighted by Gasteiger charge is 2.28. The van der Waals surface area contributed by atoms with Crippen LogP contribution in [0.15, 0.2) is 47.1 Å². The zero-order chi connectivity index (χ0) is 19.5. The molecule has 0 bridgehead atoms. The lowest BCUT2D eigenvalue weighted by molar-refractivity contribution is 0.187. The third kappa shape index (κ3) is 3.96. The number of hydrogen-bond donors (Lipinski definition) is 1.